The van der Waals surface area contributed by atoms with Crippen molar-refractivity contribution in [1.29, 1.82) is 0 Å². The molecule has 1 aliphatic heterocycles. The standard InChI is InChI=1S/C20H26O4/c1-11-9-19-10-12(11)5-6-13(19)20-8-4-7-18(2,17(22)24-20)15(20)14(19)16(21)23-3/h12-15H,1,4-10H2,2-3H3/t12-,13+,14+,15+,18+,19-,20+/m1/s1. The monoisotopic (exact) mass is 330 g/mol. The van der Waals surface area contributed by atoms with Gasteiger partial charge in [0.2, 0.25) is 0 Å². The van der Waals surface area contributed by atoms with Gasteiger partial charge in [-0.25, -0.2) is 0 Å². The van der Waals surface area contributed by atoms with E-state index in [1.54, 1.807) is 0 Å². The molecule has 4 heteroatoms. The Bertz CT molecular complexity index is 669. The second-order valence-electron chi connectivity index (χ2n) is 9.19. The Balaban J connectivity index is 1.74. The van der Waals surface area contributed by atoms with Crippen molar-refractivity contribution < 1.29 is 19.1 Å². The van der Waals surface area contributed by atoms with Crippen LogP contribution < -0.4 is 0 Å². The van der Waals surface area contributed by atoms with Crippen LogP contribution >= 0.6 is 0 Å². The molecule has 0 aromatic heterocycles. The van der Waals surface area contributed by atoms with Gasteiger partial charge in [-0.3, -0.25) is 9.59 Å². The third-order valence-electron chi connectivity index (χ3n) is 8.48. The lowest BCUT2D eigenvalue weighted by molar-refractivity contribution is -0.161. The molecular formula is C20H26O4. The Morgan fingerprint density at radius 1 is 1.33 bits per heavy atom. The minimum Gasteiger partial charge on any atom is -0.469 e. The molecule has 5 rings (SSSR count). The molecule has 24 heavy (non-hydrogen) atoms. The number of methoxy groups -OCH3 is 1. The summed E-state index contributed by atoms with van der Waals surface area (Å²) >= 11 is 0. The van der Waals surface area contributed by atoms with E-state index < -0.39 is 11.0 Å². The van der Waals surface area contributed by atoms with Crippen molar-refractivity contribution in [2.75, 3.05) is 7.11 Å². The predicted molar refractivity (Wildman–Crippen MR) is 86.8 cm³/mol. The number of allylic oxidation sites excluding steroid dienone is 1. The molecule has 0 radical (unpaired) electrons. The van der Waals surface area contributed by atoms with Crippen LogP contribution in [-0.4, -0.2) is 24.6 Å². The van der Waals surface area contributed by atoms with Crippen molar-refractivity contribution >= 4 is 11.9 Å². The van der Waals surface area contributed by atoms with Crippen LogP contribution in [0.4, 0.5) is 0 Å². The SMILES string of the molecule is C=C1C[C@@]23C[C@H]1CC[C@@H]2[C@]12CCC[C@](C)(C(=O)O1)[C@@H]2[C@H]3C(=O)OC. The maximum Gasteiger partial charge on any atom is 0.312 e. The van der Waals surface area contributed by atoms with Gasteiger partial charge in [0.1, 0.15) is 5.60 Å². The third kappa shape index (κ3) is 1.36. The first-order valence-corrected chi connectivity index (χ1v) is 9.38. The summed E-state index contributed by atoms with van der Waals surface area (Å²) in [6, 6.07) is 0. The van der Waals surface area contributed by atoms with E-state index in [1.807, 2.05) is 6.92 Å². The number of carbonyl (C=O) groups excluding carboxylic acids is 2. The van der Waals surface area contributed by atoms with Crippen molar-refractivity contribution in [2.45, 2.75) is 57.5 Å². The second-order valence-corrected chi connectivity index (χ2v) is 9.19. The van der Waals surface area contributed by atoms with Gasteiger partial charge < -0.3 is 9.47 Å². The van der Waals surface area contributed by atoms with Gasteiger partial charge in [0.25, 0.3) is 0 Å². The normalized spacial score (nSPS) is 54.2. The molecule has 1 saturated heterocycles. The van der Waals surface area contributed by atoms with Crippen molar-refractivity contribution in [3.63, 3.8) is 0 Å². The lowest BCUT2D eigenvalue weighted by atomic mass is 9.60. The Morgan fingerprint density at radius 2 is 2.12 bits per heavy atom. The highest BCUT2D eigenvalue weighted by atomic mass is 16.6. The first-order chi connectivity index (χ1) is 11.4. The van der Waals surface area contributed by atoms with Gasteiger partial charge in [0.05, 0.1) is 18.4 Å². The lowest BCUT2D eigenvalue weighted by Gasteiger charge is -2.43. The molecular weight excluding hydrogens is 304 g/mol. The summed E-state index contributed by atoms with van der Waals surface area (Å²) < 4.78 is 11.5. The zero-order valence-electron chi connectivity index (χ0n) is 14.6. The molecule has 4 aliphatic carbocycles. The fourth-order valence-electron chi connectivity index (χ4n) is 7.81. The number of fused-ring (bicyclic) bond motifs is 1. The van der Waals surface area contributed by atoms with E-state index >= 15 is 0 Å². The van der Waals surface area contributed by atoms with E-state index in [-0.39, 0.29) is 29.2 Å². The van der Waals surface area contributed by atoms with E-state index in [0.29, 0.717) is 11.8 Å². The first kappa shape index (κ1) is 15.0. The van der Waals surface area contributed by atoms with E-state index in [1.165, 1.54) is 12.7 Å². The fourth-order valence-corrected chi connectivity index (χ4v) is 7.81. The minimum atomic E-state index is -0.525. The zero-order chi connectivity index (χ0) is 16.9. The van der Waals surface area contributed by atoms with Crippen molar-refractivity contribution in [3.8, 4) is 0 Å². The molecule has 0 aromatic rings. The molecule has 0 N–H and O–H groups in total. The fraction of sp³-hybridized carbons (Fsp3) is 0.800. The average molecular weight is 330 g/mol. The van der Waals surface area contributed by atoms with Crippen LogP contribution in [0.1, 0.15) is 51.9 Å². The topological polar surface area (TPSA) is 52.6 Å². The largest absolute Gasteiger partial charge is 0.469 e. The molecule has 4 saturated carbocycles. The highest BCUT2D eigenvalue weighted by Gasteiger charge is 2.81. The van der Waals surface area contributed by atoms with Crippen molar-refractivity contribution in [1.82, 2.24) is 0 Å². The second kappa shape index (κ2) is 4.25. The van der Waals surface area contributed by atoms with Gasteiger partial charge >= 0.3 is 11.9 Å². The van der Waals surface area contributed by atoms with Gasteiger partial charge in [0.15, 0.2) is 0 Å². The van der Waals surface area contributed by atoms with Crippen LogP contribution in [0.25, 0.3) is 0 Å². The summed E-state index contributed by atoms with van der Waals surface area (Å²) in [6.07, 6.45) is 6.88. The summed E-state index contributed by atoms with van der Waals surface area (Å²) in [5, 5.41) is 0. The van der Waals surface area contributed by atoms with Crippen LogP contribution in [0.2, 0.25) is 0 Å². The van der Waals surface area contributed by atoms with E-state index in [2.05, 4.69) is 6.58 Å². The number of carbonyl (C=O) groups is 2. The Kier molecular flexibility index (Phi) is 2.66. The van der Waals surface area contributed by atoms with Gasteiger partial charge in [-0.15, -0.1) is 0 Å². The maximum atomic E-state index is 13.0. The first-order valence-electron chi connectivity index (χ1n) is 9.38. The number of esters is 2. The summed E-state index contributed by atoms with van der Waals surface area (Å²) in [4.78, 5) is 25.8. The van der Waals surface area contributed by atoms with Crippen LogP contribution in [0.15, 0.2) is 12.2 Å². The summed E-state index contributed by atoms with van der Waals surface area (Å²) in [5.74, 6) is 0.383. The van der Waals surface area contributed by atoms with Gasteiger partial charge in [0, 0.05) is 11.8 Å². The molecule has 4 nitrogen and oxygen atoms in total. The molecule has 5 fully saturated rings. The predicted octanol–water partition coefficient (Wildman–Crippen LogP) is 3.25. The van der Waals surface area contributed by atoms with E-state index in [4.69, 9.17) is 9.47 Å². The molecule has 1 spiro atoms. The average Bonchev–Trinajstić information content (AvgIpc) is 2.99. The smallest absolute Gasteiger partial charge is 0.312 e. The molecule has 0 unspecified atom stereocenters. The molecule has 1 heterocycles. The van der Waals surface area contributed by atoms with Gasteiger partial charge in [-0.1, -0.05) is 12.2 Å². The summed E-state index contributed by atoms with van der Waals surface area (Å²) in [7, 11) is 1.48. The van der Waals surface area contributed by atoms with Gasteiger partial charge in [-0.2, -0.15) is 0 Å². The Hall–Kier alpha value is -1.32. The lowest BCUT2D eigenvalue weighted by Crippen LogP contribution is -2.47. The number of ether oxygens (including phenoxy) is 2. The molecule has 4 bridgehead atoms. The quantitative estimate of drug-likeness (QED) is 0.547. The highest BCUT2D eigenvalue weighted by Crippen LogP contribution is 2.77. The van der Waals surface area contributed by atoms with Crippen LogP contribution in [-0.2, 0) is 19.1 Å². The molecule has 5 aliphatic rings. The molecule has 0 aromatic carbocycles. The van der Waals surface area contributed by atoms with Crippen LogP contribution in [0.5, 0.6) is 0 Å². The summed E-state index contributed by atoms with van der Waals surface area (Å²) in [5.41, 5.74) is 0.249. The van der Waals surface area contributed by atoms with Crippen molar-refractivity contribution in [2.24, 2.45) is 34.5 Å². The minimum absolute atomic E-state index is 0.0200. The maximum absolute atomic E-state index is 13.0. The number of hydrogen-bond donors (Lipinski definition) is 0. The molecule has 130 valence electrons. The van der Waals surface area contributed by atoms with Crippen molar-refractivity contribution in [3.05, 3.63) is 12.2 Å². The van der Waals surface area contributed by atoms with E-state index in [9.17, 15) is 9.59 Å². The Morgan fingerprint density at radius 3 is 2.88 bits per heavy atom. The highest BCUT2D eigenvalue weighted by molar-refractivity contribution is 5.85. The number of rotatable bonds is 1. The summed E-state index contributed by atoms with van der Waals surface area (Å²) in [6.45, 7) is 6.36. The van der Waals surface area contributed by atoms with Crippen LogP contribution in [0.3, 0.4) is 0 Å². The van der Waals surface area contributed by atoms with Crippen LogP contribution in [0, 0.1) is 34.5 Å². The Labute approximate surface area is 143 Å². The van der Waals surface area contributed by atoms with E-state index in [0.717, 1.165) is 44.9 Å². The third-order valence-corrected chi connectivity index (χ3v) is 8.48. The number of hydrogen-bond acceptors (Lipinski definition) is 4. The van der Waals surface area contributed by atoms with Gasteiger partial charge in [-0.05, 0) is 63.2 Å². The zero-order valence-corrected chi connectivity index (χ0v) is 14.6. The molecule has 7 atom stereocenters. The molecule has 0 amide bonds.